The summed E-state index contributed by atoms with van der Waals surface area (Å²) in [4.78, 5) is 30.2. The quantitative estimate of drug-likeness (QED) is 0.504. The van der Waals surface area contributed by atoms with Crippen molar-refractivity contribution in [3.63, 3.8) is 0 Å². The molecule has 3 rings (SSSR count). The molecule has 1 fully saturated rings. The van der Waals surface area contributed by atoms with Gasteiger partial charge in [0.05, 0.1) is 16.5 Å². The summed E-state index contributed by atoms with van der Waals surface area (Å²) in [6, 6.07) is 5.19. The monoisotopic (exact) mass is 477 g/mol. The molecule has 32 heavy (non-hydrogen) atoms. The Labute approximate surface area is 197 Å². The Kier molecular flexibility index (Phi) is 8.53. The summed E-state index contributed by atoms with van der Waals surface area (Å²) in [5.74, 6) is 1.70. The van der Waals surface area contributed by atoms with Gasteiger partial charge >= 0.3 is 0 Å². The van der Waals surface area contributed by atoms with Gasteiger partial charge in [-0.05, 0) is 43.9 Å². The van der Waals surface area contributed by atoms with Gasteiger partial charge in [-0.3, -0.25) is 9.59 Å². The molecule has 0 unspecified atom stereocenters. The molecule has 1 aromatic carbocycles. The molecule has 1 atom stereocenters. The molecule has 0 aliphatic heterocycles. The number of halogens is 1. The molecular formula is C23H28ClN3O4S. The molecule has 172 valence electrons. The zero-order valence-electron chi connectivity index (χ0n) is 18.5. The maximum atomic E-state index is 12.0. The lowest BCUT2D eigenvalue weighted by Gasteiger charge is -2.11. The molecular weight excluding hydrogens is 450 g/mol. The number of rotatable bonds is 11. The first kappa shape index (κ1) is 24.1. The van der Waals surface area contributed by atoms with E-state index in [9.17, 15) is 9.59 Å². The van der Waals surface area contributed by atoms with E-state index >= 15 is 0 Å². The van der Waals surface area contributed by atoms with Crippen LogP contribution in [0, 0.1) is 5.92 Å². The minimum absolute atomic E-state index is 0.0685. The van der Waals surface area contributed by atoms with Gasteiger partial charge in [0, 0.05) is 45.2 Å². The maximum absolute atomic E-state index is 12.0. The number of benzene rings is 1. The molecule has 0 saturated heterocycles. The van der Waals surface area contributed by atoms with Crippen molar-refractivity contribution in [1.82, 2.24) is 15.2 Å². The van der Waals surface area contributed by atoms with Gasteiger partial charge < -0.3 is 19.7 Å². The lowest BCUT2D eigenvalue weighted by atomic mass is 10.2. The third kappa shape index (κ3) is 7.84. The molecule has 9 heteroatoms. The van der Waals surface area contributed by atoms with Crippen LogP contribution in [0.1, 0.15) is 37.5 Å². The fraction of sp³-hybridized carbons (Fsp3) is 0.435. The minimum Gasteiger partial charge on any atom is -0.493 e. The van der Waals surface area contributed by atoms with Crippen LogP contribution in [-0.2, 0) is 9.59 Å². The zero-order chi connectivity index (χ0) is 23.1. The highest BCUT2D eigenvalue weighted by Crippen LogP contribution is 2.35. The van der Waals surface area contributed by atoms with E-state index in [1.165, 1.54) is 29.1 Å². The van der Waals surface area contributed by atoms with Crippen LogP contribution in [0.2, 0.25) is 5.02 Å². The van der Waals surface area contributed by atoms with Gasteiger partial charge in [0.2, 0.25) is 11.8 Å². The Morgan fingerprint density at radius 2 is 2.12 bits per heavy atom. The standard InChI is InChI=1S/C23H28ClN3O4S/c1-15(26-21(28)10-11-22(29)27(2)3)4-8-18-13-25-23(32-18)31-20-9-7-17(12-19(20)24)30-14-16-5-6-16/h4,7-9,12-13,15-16H,5-6,10-11,14H2,1-3H3,(H,26,28)/b8-4+/t15-/m0/s1. The summed E-state index contributed by atoms with van der Waals surface area (Å²) in [6.45, 7) is 2.60. The highest BCUT2D eigenvalue weighted by Gasteiger charge is 2.22. The molecule has 0 radical (unpaired) electrons. The smallest absolute Gasteiger partial charge is 0.279 e. The van der Waals surface area contributed by atoms with E-state index in [2.05, 4.69) is 10.3 Å². The highest BCUT2D eigenvalue weighted by atomic mass is 35.5. The maximum Gasteiger partial charge on any atom is 0.279 e. The summed E-state index contributed by atoms with van der Waals surface area (Å²) in [5.41, 5.74) is 0. The fourth-order valence-electron chi connectivity index (χ4n) is 2.70. The third-order valence-electron chi connectivity index (χ3n) is 4.79. The van der Waals surface area contributed by atoms with E-state index in [1.807, 2.05) is 25.1 Å². The molecule has 2 aromatic rings. The second-order valence-corrected chi connectivity index (χ2v) is 9.41. The van der Waals surface area contributed by atoms with Crippen molar-refractivity contribution in [2.24, 2.45) is 5.92 Å². The number of amides is 2. The highest BCUT2D eigenvalue weighted by molar-refractivity contribution is 7.14. The Hall–Kier alpha value is -2.58. The number of nitrogens with one attached hydrogen (secondary N) is 1. The minimum atomic E-state index is -0.180. The first-order valence-electron chi connectivity index (χ1n) is 10.5. The average molecular weight is 478 g/mol. The van der Waals surface area contributed by atoms with Gasteiger partial charge in [-0.25, -0.2) is 4.98 Å². The van der Waals surface area contributed by atoms with Crippen molar-refractivity contribution in [2.45, 2.75) is 38.6 Å². The summed E-state index contributed by atoms with van der Waals surface area (Å²) < 4.78 is 11.5. The Morgan fingerprint density at radius 1 is 1.34 bits per heavy atom. The van der Waals surface area contributed by atoms with E-state index < -0.39 is 0 Å². The molecule has 1 heterocycles. The molecule has 0 spiro atoms. The van der Waals surface area contributed by atoms with Crippen LogP contribution in [0.15, 0.2) is 30.5 Å². The predicted octanol–water partition coefficient (Wildman–Crippen LogP) is 4.76. The van der Waals surface area contributed by atoms with Gasteiger partial charge in [-0.15, -0.1) is 0 Å². The van der Waals surface area contributed by atoms with E-state index in [0.717, 1.165) is 17.2 Å². The molecule has 1 aromatic heterocycles. The normalized spacial score (nSPS) is 14.2. The topological polar surface area (TPSA) is 80.8 Å². The zero-order valence-corrected chi connectivity index (χ0v) is 20.0. The van der Waals surface area contributed by atoms with Crippen molar-refractivity contribution in [3.05, 3.63) is 40.4 Å². The Balaban J connectivity index is 1.47. The van der Waals surface area contributed by atoms with Crippen LogP contribution in [0.3, 0.4) is 0 Å². The van der Waals surface area contributed by atoms with Crippen molar-refractivity contribution in [2.75, 3.05) is 20.7 Å². The SMILES string of the molecule is C[C@@H](/C=C/c1cnc(Oc2ccc(OCC3CC3)cc2Cl)s1)NC(=O)CCC(=O)N(C)C. The predicted molar refractivity (Wildman–Crippen MR) is 126 cm³/mol. The van der Waals surface area contributed by atoms with Crippen molar-refractivity contribution >= 4 is 40.8 Å². The van der Waals surface area contributed by atoms with Crippen LogP contribution >= 0.6 is 22.9 Å². The number of hydrogen-bond acceptors (Lipinski definition) is 6. The van der Waals surface area contributed by atoms with Crippen molar-refractivity contribution in [1.29, 1.82) is 0 Å². The van der Waals surface area contributed by atoms with Crippen molar-refractivity contribution in [3.8, 4) is 16.7 Å². The number of aromatic nitrogens is 1. The molecule has 7 nitrogen and oxygen atoms in total. The summed E-state index contributed by atoms with van der Waals surface area (Å²) in [5, 5.41) is 3.79. The lowest BCUT2D eigenvalue weighted by Crippen LogP contribution is -2.32. The van der Waals surface area contributed by atoms with Gasteiger partial charge in [0.1, 0.15) is 11.5 Å². The van der Waals surface area contributed by atoms with E-state index in [4.69, 9.17) is 21.1 Å². The number of nitrogens with zero attached hydrogens (tertiary/aromatic N) is 2. The van der Waals surface area contributed by atoms with Gasteiger partial charge in [-0.2, -0.15) is 0 Å². The van der Waals surface area contributed by atoms with Crippen LogP contribution in [-0.4, -0.2) is 48.4 Å². The second-order valence-electron chi connectivity index (χ2n) is 7.98. The molecule has 1 aliphatic carbocycles. The number of carbonyl (C=O) groups excluding carboxylic acids is 2. The third-order valence-corrected chi connectivity index (χ3v) is 5.92. The van der Waals surface area contributed by atoms with Crippen molar-refractivity contribution < 1.29 is 19.1 Å². The van der Waals surface area contributed by atoms with Crippen LogP contribution < -0.4 is 14.8 Å². The number of carbonyl (C=O) groups is 2. The van der Waals surface area contributed by atoms with Crippen LogP contribution in [0.5, 0.6) is 16.7 Å². The Morgan fingerprint density at radius 3 is 2.81 bits per heavy atom. The summed E-state index contributed by atoms with van der Waals surface area (Å²) in [7, 11) is 3.35. The first-order valence-corrected chi connectivity index (χ1v) is 11.7. The Bertz CT molecular complexity index is 972. The molecule has 2 amide bonds. The first-order chi connectivity index (χ1) is 15.3. The summed E-state index contributed by atoms with van der Waals surface area (Å²) in [6.07, 6.45) is 8.26. The number of thiazole rings is 1. The van der Waals surface area contributed by atoms with Gasteiger partial charge in [0.15, 0.2) is 0 Å². The fourth-order valence-corrected chi connectivity index (χ4v) is 3.60. The summed E-state index contributed by atoms with van der Waals surface area (Å²) >= 11 is 7.69. The molecule has 1 saturated carbocycles. The molecule has 1 N–H and O–H groups in total. The van der Waals surface area contributed by atoms with Gasteiger partial charge in [0.25, 0.3) is 5.19 Å². The largest absolute Gasteiger partial charge is 0.493 e. The van der Waals surface area contributed by atoms with Crippen LogP contribution in [0.4, 0.5) is 0 Å². The molecule has 1 aliphatic rings. The number of ether oxygens (including phenoxy) is 2. The number of hydrogen-bond donors (Lipinski definition) is 1. The molecule has 0 bridgehead atoms. The average Bonchev–Trinajstić information content (AvgIpc) is 3.48. The van der Waals surface area contributed by atoms with Gasteiger partial charge in [-0.1, -0.05) is 29.0 Å². The van der Waals surface area contributed by atoms with E-state index in [-0.39, 0.29) is 30.7 Å². The van der Waals surface area contributed by atoms with E-state index in [1.54, 1.807) is 32.4 Å². The van der Waals surface area contributed by atoms with Crippen LogP contribution in [0.25, 0.3) is 6.08 Å². The van der Waals surface area contributed by atoms with E-state index in [0.29, 0.717) is 21.9 Å². The lowest BCUT2D eigenvalue weighted by molar-refractivity contribution is -0.131. The second kappa shape index (κ2) is 11.3.